The highest BCUT2D eigenvalue weighted by Gasteiger charge is 2.42. The van der Waals surface area contributed by atoms with Gasteiger partial charge in [-0.25, -0.2) is 13.4 Å². The third-order valence-corrected chi connectivity index (χ3v) is 8.65. The molecule has 31 heavy (non-hydrogen) atoms. The second kappa shape index (κ2) is 7.98. The molecule has 1 saturated carbocycles. The Hall–Kier alpha value is -2.32. The molecule has 0 N–H and O–H groups in total. The minimum Gasteiger partial charge on any atom is -0.335 e. The van der Waals surface area contributed by atoms with Crippen LogP contribution in [0.5, 0.6) is 0 Å². The molecule has 2 aromatic carbocycles. The molecule has 2 fully saturated rings. The third-order valence-electron chi connectivity index (χ3n) is 5.98. The maximum Gasteiger partial charge on any atom is 0.233 e. The van der Waals surface area contributed by atoms with Gasteiger partial charge in [-0.1, -0.05) is 41.6 Å². The van der Waals surface area contributed by atoms with Crippen molar-refractivity contribution >= 4 is 38.5 Å². The highest BCUT2D eigenvalue weighted by Crippen LogP contribution is 2.34. The predicted molar refractivity (Wildman–Crippen MR) is 123 cm³/mol. The summed E-state index contributed by atoms with van der Waals surface area (Å²) < 4.78 is 26.0. The summed E-state index contributed by atoms with van der Waals surface area (Å²) in [5.41, 5.74) is 4.08. The molecule has 162 valence electrons. The molecular formula is C23H25N3O3S2. The summed E-state index contributed by atoms with van der Waals surface area (Å²) in [5.74, 6) is 0.547. The maximum atomic E-state index is 13.2. The molecular weight excluding hydrogens is 430 g/mol. The summed E-state index contributed by atoms with van der Waals surface area (Å²) >= 11 is 1.42. The number of para-hydroxylation sites is 2. The van der Waals surface area contributed by atoms with Gasteiger partial charge in [-0.15, -0.1) is 0 Å². The first kappa shape index (κ1) is 20.6. The van der Waals surface area contributed by atoms with Crippen LogP contribution in [0.4, 0.5) is 0 Å². The molecule has 0 bridgehead atoms. The monoisotopic (exact) mass is 455 g/mol. The van der Waals surface area contributed by atoms with Crippen LogP contribution in [0.2, 0.25) is 0 Å². The number of hydrogen-bond donors (Lipinski definition) is 0. The summed E-state index contributed by atoms with van der Waals surface area (Å²) in [6.45, 7) is 2.06. The molecule has 1 saturated heterocycles. The number of hydrogen-bond acceptors (Lipinski definition) is 5. The lowest BCUT2D eigenvalue weighted by Crippen LogP contribution is -2.43. The Morgan fingerprint density at radius 1 is 1.10 bits per heavy atom. The molecule has 6 nitrogen and oxygen atoms in total. The fourth-order valence-electron chi connectivity index (χ4n) is 4.30. The Kier molecular flexibility index (Phi) is 5.30. The van der Waals surface area contributed by atoms with E-state index in [0.29, 0.717) is 6.42 Å². The average Bonchev–Trinajstić information content (AvgIpc) is 3.41. The van der Waals surface area contributed by atoms with Gasteiger partial charge in [-0.2, -0.15) is 0 Å². The molecule has 0 radical (unpaired) electrons. The SMILES string of the molecule is Cc1ccc(-n2c(SCC(=O)N(C3CC3)C3CCS(=O)(=O)C3)nc3ccccc32)cc1. The van der Waals surface area contributed by atoms with Crippen LogP contribution in [0.3, 0.4) is 0 Å². The van der Waals surface area contributed by atoms with E-state index >= 15 is 0 Å². The molecule has 1 aliphatic heterocycles. The van der Waals surface area contributed by atoms with E-state index in [4.69, 9.17) is 4.98 Å². The van der Waals surface area contributed by atoms with E-state index in [9.17, 15) is 13.2 Å². The molecule has 2 aliphatic rings. The van der Waals surface area contributed by atoms with Crippen LogP contribution in [0.1, 0.15) is 24.8 Å². The van der Waals surface area contributed by atoms with Crippen LogP contribution in [-0.2, 0) is 14.6 Å². The molecule has 3 aromatic rings. The van der Waals surface area contributed by atoms with E-state index in [1.165, 1.54) is 17.3 Å². The lowest BCUT2D eigenvalue weighted by Gasteiger charge is -2.28. The second-order valence-electron chi connectivity index (χ2n) is 8.43. The quantitative estimate of drug-likeness (QED) is 0.531. The molecule has 2 heterocycles. The van der Waals surface area contributed by atoms with E-state index in [1.807, 2.05) is 29.2 Å². The van der Waals surface area contributed by atoms with Crippen molar-refractivity contribution in [3.05, 3.63) is 54.1 Å². The Bertz CT molecular complexity index is 1230. The molecule has 1 aliphatic carbocycles. The number of amides is 1. The van der Waals surface area contributed by atoms with E-state index in [1.54, 1.807) is 0 Å². The first-order valence-corrected chi connectivity index (χ1v) is 13.4. The van der Waals surface area contributed by atoms with Crippen LogP contribution in [0.15, 0.2) is 53.7 Å². The number of thioether (sulfide) groups is 1. The number of sulfone groups is 1. The summed E-state index contributed by atoms with van der Waals surface area (Å²) in [7, 11) is -3.03. The van der Waals surface area contributed by atoms with Crippen LogP contribution in [0, 0.1) is 6.92 Å². The van der Waals surface area contributed by atoms with E-state index < -0.39 is 9.84 Å². The lowest BCUT2D eigenvalue weighted by atomic mass is 10.2. The van der Waals surface area contributed by atoms with Crippen molar-refractivity contribution in [1.29, 1.82) is 0 Å². The van der Waals surface area contributed by atoms with Crippen molar-refractivity contribution in [2.45, 2.75) is 43.4 Å². The fourth-order valence-corrected chi connectivity index (χ4v) is 6.91. The summed E-state index contributed by atoms with van der Waals surface area (Å²) in [4.78, 5) is 19.8. The Morgan fingerprint density at radius 2 is 1.84 bits per heavy atom. The second-order valence-corrected chi connectivity index (χ2v) is 11.6. The predicted octanol–water partition coefficient (Wildman–Crippen LogP) is 3.60. The number of carbonyl (C=O) groups excluding carboxylic acids is 1. The number of carbonyl (C=O) groups is 1. The molecule has 5 rings (SSSR count). The van der Waals surface area contributed by atoms with Crippen molar-refractivity contribution in [2.24, 2.45) is 0 Å². The standard InChI is InChI=1S/C23H25N3O3S2/c1-16-6-8-18(9-7-16)26-21-5-3-2-4-20(21)24-23(26)30-14-22(27)25(17-10-11-17)19-12-13-31(28,29)15-19/h2-9,17,19H,10-15H2,1H3. The molecule has 1 amide bonds. The van der Waals surface area contributed by atoms with Crippen LogP contribution in [0.25, 0.3) is 16.7 Å². The number of aryl methyl sites for hydroxylation is 1. The summed E-state index contributed by atoms with van der Waals surface area (Å²) in [6.07, 6.45) is 2.49. The van der Waals surface area contributed by atoms with Crippen LogP contribution < -0.4 is 0 Å². The number of fused-ring (bicyclic) bond motifs is 1. The van der Waals surface area contributed by atoms with Gasteiger partial charge >= 0.3 is 0 Å². The largest absolute Gasteiger partial charge is 0.335 e. The van der Waals surface area contributed by atoms with Crippen molar-refractivity contribution in [2.75, 3.05) is 17.3 Å². The number of aromatic nitrogens is 2. The zero-order valence-electron chi connectivity index (χ0n) is 17.4. The number of rotatable bonds is 6. The van der Waals surface area contributed by atoms with Crippen LogP contribution in [-0.4, -0.2) is 58.1 Å². The molecule has 8 heteroatoms. The first-order valence-electron chi connectivity index (χ1n) is 10.6. The number of benzene rings is 2. The van der Waals surface area contributed by atoms with Crippen molar-refractivity contribution < 1.29 is 13.2 Å². The highest BCUT2D eigenvalue weighted by molar-refractivity contribution is 7.99. The molecule has 1 aromatic heterocycles. The van der Waals surface area contributed by atoms with Crippen molar-refractivity contribution in [3.63, 3.8) is 0 Å². The topological polar surface area (TPSA) is 72.3 Å². The summed E-state index contributed by atoms with van der Waals surface area (Å²) in [5, 5.41) is 0.771. The minimum absolute atomic E-state index is 0.0112. The molecule has 0 spiro atoms. The molecule has 1 unspecified atom stereocenters. The van der Waals surface area contributed by atoms with Gasteiger partial charge in [0.2, 0.25) is 5.91 Å². The van der Waals surface area contributed by atoms with Gasteiger partial charge < -0.3 is 4.90 Å². The third kappa shape index (κ3) is 4.23. The maximum absolute atomic E-state index is 13.2. The number of imidazole rings is 1. The van der Waals surface area contributed by atoms with Gasteiger partial charge in [0.1, 0.15) is 0 Å². The van der Waals surface area contributed by atoms with Crippen molar-refractivity contribution in [1.82, 2.24) is 14.5 Å². The van der Waals surface area contributed by atoms with Crippen LogP contribution >= 0.6 is 11.8 Å². The zero-order valence-corrected chi connectivity index (χ0v) is 19.0. The number of nitrogens with zero attached hydrogens (tertiary/aromatic N) is 3. The van der Waals surface area contributed by atoms with Crippen molar-refractivity contribution in [3.8, 4) is 5.69 Å². The van der Waals surface area contributed by atoms with Gasteiger partial charge in [-0.05, 0) is 50.5 Å². The lowest BCUT2D eigenvalue weighted by molar-refractivity contribution is -0.130. The Labute approximate surface area is 186 Å². The Morgan fingerprint density at radius 3 is 2.52 bits per heavy atom. The first-order chi connectivity index (χ1) is 14.9. The smallest absolute Gasteiger partial charge is 0.233 e. The zero-order chi connectivity index (χ0) is 21.6. The van der Waals surface area contributed by atoms with Gasteiger partial charge in [0, 0.05) is 17.8 Å². The summed E-state index contributed by atoms with van der Waals surface area (Å²) in [6, 6.07) is 16.2. The van der Waals surface area contributed by atoms with Gasteiger partial charge in [-0.3, -0.25) is 9.36 Å². The average molecular weight is 456 g/mol. The van der Waals surface area contributed by atoms with Gasteiger partial charge in [0.05, 0.1) is 28.3 Å². The van der Waals surface area contributed by atoms with E-state index in [2.05, 4.69) is 35.8 Å². The fraction of sp³-hybridized carbons (Fsp3) is 0.391. The Balaban J connectivity index is 1.41. The van der Waals surface area contributed by atoms with Gasteiger partial charge in [0.15, 0.2) is 15.0 Å². The van der Waals surface area contributed by atoms with E-state index in [-0.39, 0.29) is 35.2 Å². The highest BCUT2D eigenvalue weighted by atomic mass is 32.2. The van der Waals surface area contributed by atoms with E-state index in [0.717, 1.165) is 34.7 Å². The molecule has 1 atom stereocenters. The normalized spacial score (nSPS) is 20.2. The van der Waals surface area contributed by atoms with Gasteiger partial charge in [0.25, 0.3) is 0 Å². The minimum atomic E-state index is -3.03.